The minimum Gasteiger partial charge on any atom is -0.494 e. The Bertz CT molecular complexity index is 1660. The Morgan fingerprint density at radius 2 is 1.67 bits per heavy atom. The number of hydrogen-bond acceptors (Lipinski definition) is 10. The van der Waals surface area contributed by atoms with Crippen molar-refractivity contribution in [3.63, 3.8) is 0 Å². The van der Waals surface area contributed by atoms with Gasteiger partial charge in [-0.1, -0.05) is 18.2 Å². The average molecular weight is 700 g/mol. The number of pyridine rings is 1. The number of hydrogen-bond donors (Lipinski definition) is 4. The Morgan fingerprint density at radius 1 is 0.941 bits per heavy atom. The summed E-state index contributed by atoms with van der Waals surface area (Å²) in [4.78, 5) is 35.1. The van der Waals surface area contributed by atoms with Crippen molar-refractivity contribution in [2.75, 3.05) is 58.5 Å². The smallest absolute Gasteiger partial charge is 0.329 e. The van der Waals surface area contributed by atoms with Crippen molar-refractivity contribution >= 4 is 17.6 Å². The maximum Gasteiger partial charge on any atom is 0.329 e. The molecular formula is C38H49N7O6. The summed E-state index contributed by atoms with van der Waals surface area (Å²) >= 11 is 0. The van der Waals surface area contributed by atoms with Gasteiger partial charge in [0.25, 0.3) is 5.91 Å². The second-order valence-electron chi connectivity index (χ2n) is 12.9. The highest BCUT2D eigenvalue weighted by atomic mass is 16.5. The van der Waals surface area contributed by atoms with Crippen LogP contribution in [0.25, 0.3) is 11.4 Å². The monoisotopic (exact) mass is 699 g/mol. The molecule has 272 valence electrons. The van der Waals surface area contributed by atoms with E-state index in [9.17, 15) is 9.59 Å². The molecule has 0 unspecified atom stereocenters. The lowest BCUT2D eigenvalue weighted by Gasteiger charge is -2.40. The topological polar surface area (TPSA) is 164 Å². The summed E-state index contributed by atoms with van der Waals surface area (Å²) in [5.41, 5.74) is 2.83. The zero-order valence-corrected chi connectivity index (χ0v) is 29.5. The number of likely N-dealkylation sites (tertiary alicyclic amines) is 1. The van der Waals surface area contributed by atoms with E-state index in [1.54, 1.807) is 12.4 Å². The summed E-state index contributed by atoms with van der Waals surface area (Å²) < 4.78 is 16.5. The summed E-state index contributed by atoms with van der Waals surface area (Å²) in [6.07, 6.45) is 8.63. The molecule has 2 aromatic carbocycles. The van der Waals surface area contributed by atoms with Crippen molar-refractivity contribution in [3.05, 3.63) is 90.0 Å². The summed E-state index contributed by atoms with van der Waals surface area (Å²) in [7, 11) is 2.12. The standard InChI is InChI=1S/C38H49N7O6/c1-28(29-10-12-33(13-11-29)51-25-5-3-4-22-49-23-7-24-50-27-34(46)47)40-36(48)31-8-6-9-32(26-31)42-38(16-20-45(2)21-17-38)37-41-35(43-44-37)30-14-18-39-19-15-30/h6,8-15,18-19,26,28,42H,3-5,7,16-17,20-25,27H2,1-2H3,(H,40,48)(H,46,47)(H,41,43,44)/t28-/m0/s1. The summed E-state index contributed by atoms with van der Waals surface area (Å²) in [6.45, 7) is 5.71. The van der Waals surface area contributed by atoms with Crippen LogP contribution in [0.5, 0.6) is 5.75 Å². The first-order valence-corrected chi connectivity index (χ1v) is 17.6. The van der Waals surface area contributed by atoms with Gasteiger partial charge in [0.05, 0.1) is 18.2 Å². The van der Waals surface area contributed by atoms with Crippen molar-refractivity contribution in [3.8, 4) is 17.1 Å². The van der Waals surface area contributed by atoms with Crippen molar-refractivity contribution in [1.82, 2.24) is 30.4 Å². The van der Waals surface area contributed by atoms with Gasteiger partial charge < -0.3 is 34.9 Å². The summed E-state index contributed by atoms with van der Waals surface area (Å²) in [6, 6.07) is 19.0. The van der Waals surface area contributed by atoms with Gasteiger partial charge in [0.2, 0.25) is 0 Å². The number of anilines is 1. The normalized spacial score (nSPS) is 14.9. The maximum absolute atomic E-state index is 13.4. The largest absolute Gasteiger partial charge is 0.494 e. The van der Waals surface area contributed by atoms with E-state index >= 15 is 0 Å². The van der Waals surface area contributed by atoms with Crippen LogP contribution in [0.1, 0.15) is 73.2 Å². The van der Waals surface area contributed by atoms with Crippen molar-refractivity contribution in [2.45, 2.75) is 57.0 Å². The summed E-state index contributed by atoms with van der Waals surface area (Å²) in [5, 5.41) is 23.1. The number of nitrogens with one attached hydrogen (secondary N) is 3. The van der Waals surface area contributed by atoms with Gasteiger partial charge in [-0.3, -0.25) is 14.9 Å². The maximum atomic E-state index is 13.4. The van der Waals surface area contributed by atoms with Gasteiger partial charge in [0, 0.05) is 62.1 Å². The molecule has 5 rings (SSSR count). The molecule has 51 heavy (non-hydrogen) atoms. The predicted molar refractivity (Wildman–Crippen MR) is 194 cm³/mol. The number of aromatic amines is 1. The Labute approximate surface area is 299 Å². The SMILES string of the molecule is C[C@H](NC(=O)c1cccc(NC2(c3nc(-c4ccncc4)n[nH]3)CCN(C)CC2)c1)c1ccc(OCCCCCOCCCOCC(=O)O)cc1. The molecule has 0 bridgehead atoms. The number of piperidine rings is 1. The molecule has 0 radical (unpaired) electrons. The molecule has 3 heterocycles. The highest BCUT2D eigenvalue weighted by Crippen LogP contribution is 2.35. The number of benzene rings is 2. The van der Waals surface area contributed by atoms with Crippen molar-refractivity contribution < 1.29 is 28.9 Å². The minimum absolute atomic E-state index is 0.154. The van der Waals surface area contributed by atoms with E-state index in [1.165, 1.54) is 0 Å². The Morgan fingerprint density at radius 3 is 2.43 bits per heavy atom. The highest BCUT2D eigenvalue weighted by molar-refractivity contribution is 5.95. The molecule has 13 nitrogen and oxygen atoms in total. The number of nitrogens with zero attached hydrogens (tertiary/aromatic N) is 4. The van der Waals surface area contributed by atoms with E-state index in [1.807, 2.05) is 67.6 Å². The van der Waals surface area contributed by atoms with Gasteiger partial charge in [0.1, 0.15) is 12.4 Å². The van der Waals surface area contributed by atoms with Gasteiger partial charge in [-0.25, -0.2) is 9.78 Å². The molecule has 1 aliphatic rings. The first-order valence-electron chi connectivity index (χ1n) is 17.6. The van der Waals surface area contributed by atoms with E-state index < -0.39 is 11.5 Å². The Balaban J connectivity index is 1.08. The molecule has 1 aliphatic heterocycles. The van der Waals surface area contributed by atoms with Gasteiger partial charge >= 0.3 is 5.97 Å². The third kappa shape index (κ3) is 11.3. The molecule has 0 saturated carbocycles. The van der Waals surface area contributed by atoms with Crippen molar-refractivity contribution in [2.24, 2.45) is 0 Å². The minimum atomic E-state index is -0.960. The zero-order chi connectivity index (χ0) is 35.9. The van der Waals surface area contributed by atoms with E-state index in [0.717, 1.165) is 73.6 Å². The highest BCUT2D eigenvalue weighted by Gasteiger charge is 2.39. The van der Waals surface area contributed by atoms with Crippen molar-refractivity contribution in [1.29, 1.82) is 0 Å². The number of unbranched alkanes of at least 4 members (excludes halogenated alkanes) is 2. The third-order valence-electron chi connectivity index (χ3n) is 8.96. The first-order chi connectivity index (χ1) is 24.8. The average Bonchev–Trinajstić information content (AvgIpc) is 3.65. The number of carbonyl (C=O) groups is 2. The van der Waals surface area contributed by atoms with Crippen LogP contribution >= 0.6 is 0 Å². The molecule has 0 spiro atoms. The number of carboxylic acids is 1. The number of amides is 1. The Kier molecular flexibility index (Phi) is 13.9. The lowest BCUT2D eigenvalue weighted by molar-refractivity contribution is -0.142. The van der Waals surface area contributed by atoms with E-state index in [2.05, 4.69) is 37.8 Å². The molecule has 1 fully saturated rings. The van der Waals surface area contributed by atoms with Gasteiger partial charge in [-0.2, -0.15) is 5.10 Å². The molecule has 1 atom stereocenters. The summed E-state index contributed by atoms with van der Waals surface area (Å²) in [5.74, 6) is 1.08. The van der Waals surface area contributed by atoms with Crippen LogP contribution < -0.4 is 15.4 Å². The Hall–Kier alpha value is -4.85. The van der Waals surface area contributed by atoms with E-state index in [0.29, 0.717) is 44.2 Å². The molecule has 0 aliphatic carbocycles. The second-order valence-corrected chi connectivity index (χ2v) is 12.9. The van der Waals surface area contributed by atoms with Crippen LogP contribution in [0.2, 0.25) is 0 Å². The number of rotatable bonds is 20. The van der Waals surface area contributed by atoms with Gasteiger partial charge in [-0.05, 0) is 101 Å². The fourth-order valence-corrected chi connectivity index (χ4v) is 5.96. The van der Waals surface area contributed by atoms with Crippen LogP contribution in [0.3, 0.4) is 0 Å². The van der Waals surface area contributed by atoms with Crippen LogP contribution in [0.15, 0.2) is 73.1 Å². The number of aliphatic carboxylic acids is 1. The molecule has 4 N–H and O–H groups in total. The van der Waals surface area contributed by atoms with E-state index in [-0.39, 0.29) is 18.6 Å². The van der Waals surface area contributed by atoms with Crippen LogP contribution in [-0.2, 0) is 19.8 Å². The fourth-order valence-electron chi connectivity index (χ4n) is 5.96. The molecule has 4 aromatic rings. The van der Waals surface area contributed by atoms with Crippen LogP contribution in [0, 0.1) is 0 Å². The molecule has 1 saturated heterocycles. The second kappa shape index (κ2) is 18.9. The molecular weight excluding hydrogens is 650 g/mol. The number of carboxylic acid groups (broad SMARTS) is 1. The lowest BCUT2D eigenvalue weighted by atomic mass is 9.86. The van der Waals surface area contributed by atoms with E-state index in [4.69, 9.17) is 24.3 Å². The number of ether oxygens (including phenoxy) is 3. The fraction of sp³-hybridized carbons (Fsp3) is 0.447. The molecule has 1 amide bonds. The number of carbonyl (C=O) groups excluding carboxylic acids is 1. The first kappa shape index (κ1) is 37.4. The predicted octanol–water partition coefficient (Wildman–Crippen LogP) is 5.45. The van der Waals surface area contributed by atoms with Crippen LogP contribution in [-0.4, -0.2) is 95.2 Å². The quantitative estimate of drug-likeness (QED) is 0.0868. The molecule has 2 aromatic heterocycles. The zero-order valence-electron chi connectivity index (χ0n) is 29.5. The lowest BCUT2D eigenvalue weighted by Crippen LogP contribution is -2.46. The van der Waals surface area contributed by atoms with Gasteiger partial charge in [-0.15, -0.1) is 0 Å². The van der Waals surface area contributed by atoms with Crippen LogP contribution in [0.4, 0.5) is 5.69 Å². The molecule has 13 heteroatoms. The number of H-pyrrole nitrogens is 1. The van der Waals surface area contributed by atoms with Gasteiger partial charge in [0.15, 0.2) is 11.6 Å². The number of aromatic nitrogens is 4. The third-order valence-corrected chi connectivity index (χ3v) is 8.96.